The Labute approximate surface area is 64.7 Å². The lowest BCUT2D eigenvalue weighted by Gasteiger charge is -1.95. The van der Waals surface area contributed by atoms with Gasteiger partial charge in [-0.3, -0.25) is 0 Å². The summed E-state index contributed by atoms with van der Waals surface area (Å²) in [5, 5.41) is 4.17. The van der Waals surface area contributed by atoms with E-state index in [1.807, 2.05) is 12.4 Å². The Bertz CT molecular complexity index is 364. The first-order valence-corrected chi connectivity index (χ1v) is 3.67. The number of nitrogens with zero attached hydrogens (tertiary/aromatic N) is 3. The lowest BCUT2D eigenvalue weighted by molar-refractivity contribution is 0.906. The maximum absolute atomic E-state index is 4.17. The molecule has 0 fully saturated rings. The van der Waals surface area contributed by atoms with E-state index < -0.39 is 0 Å². The topological polar surface area (TPSA) is 30.2 Å². The maximum atomic E-state index is 4.17. The molecule has 2 aromatic heterocycles. The number of aryl methyl sites for hydroxylation is 1. The van der Waals surface area contributed by atoms with Gasteiger partial charge in [-0.15, -0.1) is 0 Å². The fourth-order valence-electron chi connectivity index (χ4n) is 1.06. The maximum Gasteiger partial charge on any atom is 0.117 e. The lowest BCUT2D eigenvalue weighted by atomic mass is 10.2. The van der Waals surface area contributed by atoms with Crippen molar-refractivity contribution in [1.82, 2.24) is 14.6 Å². The molecular weight excluding hydrogens is 138 g/mol. The SMILES string of the molecule is CCc1cnn2cncc2c1. The first-order chi connectivity index (χ1) is 5.40. The van der Waals surface area contributed by atoms with Gasteiger partial charge in [-0.1, -0.05) is 6.92 Å². The molecule has 3 nitrogen and oxygen atoms in total. The number of imidazole rings is 1. The molecule has 0 radical (unpaired) electrons. The van der Waals surface area contributed by atoms with E-state index in [4.69, 9.17) is 0 Å². The standard InChI is InChI=1S/C8H9N3/c1-2-7-3-8-5-9-6-11(8)10-4-7/h3-6H,2H2,1H3. The minimum Gasteiger partial charge on any atom is -0.243 e. The normalized spacial score (nSPS) is 10.6. The summed E-state index contributed by atoms with van der Waals surface area (Å²) in [5.74, 6) is 0. The number of hydrogen-bond acceptors (Lipinski definition) is 2. The van der Waals surface area contributed by atoms with Gasteiger partial charge < -0.3 is 0 Å². The monoisotopic (exact) mass is 147 g/mol. The molecule has 0 N–H and O–H groups in total. The van der Waals surface area contributed by atoms with E-state index in [0.29, 0.717) is 0 Å². The zero-order chi connectivity index (χ0) is 7.68. The molecule has 0 aliphatic carbocycles. The van der Waals surface area contributed by atoms with E-state index in [0.717, 1.165) is 11.9 Å². The Kier molecular flexibility index (Phi) is 1.35. The van der Waals surface area contributed by atoms with Gasteiger partial charge >= 0.3 is 0 Å². The van der Waals surface area contributed by atoms with Gasteiger partial charge in [0.05, 0.1) is 17.9 Å². The average Bonchev–Trinajstić information content (AvgIpc) is 2.50. The van der Waals surface area contributed by atoms with Crippen LogP contribution in [0.2, 0.25) is 0 Å². The van der Waals surface area contributed by atoms with Crippen molar-refractivity contribution in [1.29, 1.82) is 0 Å². The van der Waals surface area contributed by atoms with Crippen LogP contribution < -0.4 is 0 Å². The molecule has 0 atom stereocenters. The average molecular weight is 147 g/mol. The largest absolute Gasteiger partial charge is 0.243 e. The van der Waals surface area contributed by atoms with Crippen LogP contribution in [0.5, 0.6) is 0 Å². The lowest BCUT2D eigenvalue weighted by Crippen LogP contribution is -1.90. The van der Waals surface area contributed by atoms with Crippen molar-refractivity contribution < 1.29 is 0 Å². The highest BCUT2D eigenvalue weighted by Crippen LogP contribution is 2.03. The van der Waals surface area contributed by atoms with Gasteiger partial charge in [0, 0.05) is 0 Å². The van der Waals surface area contributed by atoms with Gasteiger partial charge in [0.25, 0.3) is 0 Å². The quantitative estimate of drug-likeness (QED) is 0.608. The van der Waals surface area contributed by atoms with E-state index >= 15 is 0 Å². The first kappa shape index (κ1) is 6.34. The van der Waals surface area contributed by atoms with Crippen LogP contribution in [0.3, 0.4) is 0 Å². The summed E-state index contributed by atoms with van der Waals surface area (Å²) in [6, 6.07) is 2.10. The van der Waals surface area contributed by atoms with Crippen LogP contribution >= 0.6 is 0 Å². The molecule has 0 aliphatic heterocycles. The molecule has 0 bridgehead atoms. The fraction of sp³-hybridized carbons (Fsp3) is 0.250. The Hall–Kier alpha value is -1.38. The molecule has 0 spiro atoms. The number of rotatable bonds is 1. The highest BCUT2D eigenvalue weighted by atomic mass is 15.2. The van der Waals surface area contributed by atoms with Gasteiger partial charge in [0.1, 0.15) is 6.33 Å². The number of hydrogen-bond donors (Lipinski definition) is 0. The van der Waals surface area contributed by atoms with E-state index in [1.165, 1.54) is 5.56 Å². The number of aromatic nitrogens is 3. The molecule has 2 heterocycles. The van der Waals surface area contributed by atoms with E-state index in [2.05, 4.69) is 23.1 Å². The molecule has 3 heteroatoms. The summed E-state index contributed by atoms with van der Waals surface area (Å²) in [7, 11) is 0. The summed E-state index contributed by atoms with van der Waals surface area (Å²) in [4.78, 5) is 3.98. The van der Waals surface area contributed by atoms with Gasteiger partial charge in [-0.25, -0.2) is 9.50 Å². The van der Waals surface area contributed by atoms with Crippen molar-refractivity contribution in [3.05, 3.63) is 30.4 Å². The summed E-state index contributed by atoms with van der Waals surface area (Å²) < 4.78 is 1.76. The summed E-state index contributed by atoms with van der Waals surface area (Å²) in [5.41, 5.74) is 2.31. The van der Waals surface area contributed by atoms with E-state index in [-0.39, 0.29) is 0 Å². The van der Waals surface area contributed by atoms with Crippen molar-refractivity contribution in [3.63, 3.8) is 0 Å². The van der Waals surface area contributed by atoms with Crippen molar-refractivity contribution in [2.45, 2.75) is 13.3 Å². The van der Waals surface area contributed by atoms with E-state index in [1.54, 1.807) is 10.8 Å². The van der Waals surface area contributed by atoms with Gasteiger partial charge in [0.2, 0.25) is 0 Å². The zero-order valence-electron chi connectivity index (χ0n) is 6.36. The van der Waals surface area contributed by atoms with Crippen LogP contribution in [0.25, 0.3) is 5.52 Å². The van der Waals surface area contributed by atoms with Crippen LogP contribution in [-0.2, 0) is 6.42 Å². The zero-order valence-corrected chi connectivity index (χ0v) is 6.36. The molecule has 56 valence electrons. The fourth-order valence-corrected chi connectivity index (χ4v) is 1.06. The highest BCUT2D eigenvalue weighted by Gasteiger charge is 1.94. The van der Waals surface area contributed by atoms with E-state index in [9.17, 15) is 0 Å². The first-order valence-electron chi connectivity index (χ1n) is 3.67. The Balaban J connectivity index is 2.67. The molecule has 2 rings (SSSR count). The summed E-state index contributed by atoms with van der Waals surface area (Å²) in [6.07, 6.45) is 6.41. The molecule has 0 aliphatic rings. The van der Waals surface area contributed by atoms with Crippen molar-refractivity contribution in [2.24, 2.45) is 0 Å². The molecule has 0 unspecified atom stereocenters. The molecule has 0 amide bonds. The van der Waals surface area contributed by atoms with Crippen LogP contribution in [0.15, 0.2) is 24.8 Å². The van der Waals surface area contributed by atoms with Crippen LogP contribution in [0, 0.1) is 0 Å². The molecule has 2 aromatic rings. The number of fused-ring (bicyclic) bond motifs is 1. The summed E-state index contributed by atoms with van der Waals surface area (Å²) >= 11 is 0. The van der Waals surface area contributed by atoms with Crippen molar-refractivity contribution >= 4 is 5.52 Å². The Morgan fingerprint density at radius 3 is 3.18 bits per heavy atom. The minimum atomic E-state index is 1.02. The second kappa shape index (κ2) is 2.34. The molecule has 0 saturated heterocycles. The second-order valence-electron chi connectivity index (χ2n) is 2.48. The molecule has 11 heavy (non-hydrogen) atoms. The van der Waals surface area contributed by atoms with Gasteiger partial charge in [0.15, 0.2) is 0 Å². The molecule has 0 aromatic carbocycles. The molecule has 0 saturated carbocycles. The Morgan fingerprint density at radius 1 is 1.45 bits per heavy atom. The Morgan fingerprint density at radius 2 is 2.36 bits per heavy atom. The molecular formula is C8H9N3. The third-order valence-electron chi connectivity index (χ3n) is 1.74. The van der Waals surface area contributed by atoms with Crippen LogP contribution in [-0.4, -0.2) is 14.6 Å². The predicted molar refractivity (Wildman–Crippen MR) is 42.4 cm³/mol. The summed E-state index contributed by atoms with van der Waals surface area (Å²) in [6.45, 7) is 2.11. The van der Waals surface area contributed by atoms with Crippen molar-refractivity contribution in [2.75, 3.05) is 0 Å². The van der Waals surface area contributed by atoms with Gasteiger partial charge in [-0.05, 0) is 18.1 Å². The predicted octanol–water partition coefficient (Wildman–Crippen LogP) is 1.29. The minimum absolute atomic E-state index is 1.02. The van der Waals surface area contributed by atoms with Crippen molar-refractivity contribution in [3.8, 4) is 0 Å². The third-order valence-corrected chi connectivity index (χ3v) is 1.74. The second-order valence-corrected chi connectivity index (χ2v) is 2.48. The van der Waals surface area contributed by atoms with Crippen LogP contribution in [0.4, 0.5) is 0 Å². The van der Waals surface area contributed by atoms with Gasteiger partial charge in [-0.2, -0.15) is 5.10 Å². The third kappa shape index (κ3) is 0.981. The highest BCUT2D eigenvalue weighted by molar-refractivity contribution is 5.44. The van der Waals surface area contributed by atoms with Crippen LogP contribution in [0.1, 0.15) is 12.5 Å². The smallest absolute Gasteiger partial charge is 0.117 e.